The highest BCUT2D eigenvalue weighted by atomic mass is 127. The van der Waals surface area contributed by atoms with E-state index in [2.05, 4.69) is 20.4 Å². The van der Waals surface area contributed by atoms with Gasteiger partial charge in [-0.25, -0.2) is 4.99 Å². The van der Waals surface area contributed by atoms with Gasteiger partial charge in [0.15, 0.2) is 5.96 Å². The average Bonchev–Trinajstić information content (AvgIpc) is 2.67. The fourth-order valence-corrected chi connectivity index (χ4v) is 2.88. The number of halogens is 4. The summed E-state index contributed by atoms with van der Waals surface area (Å²) in [6.45, 7) is 5.71. The first kappa shape index (κ1) is 26.8. The van der Waals surface area contributed by atoms with Crippen LogP contribution in [-0.2, 0) is 13.1 Å². The summed E-state index contributed by atoms with van der Waals surface area (Å²) >= 11 is 0. The minimum Gasteiger partial charge on any atom is -0.405 e. The number of aliphatic imine (C=N–C) groups is 1. The lowest BCUT2D eigenvalue weighted by molar-refractivity contribution is -0.274. The Morgan fingerprint density at radius 3 is 2.52 bits per heavy atom. The van der Waals surface area contributed by atoms with Crippen molar-refractivity contribution in [3.05, 3.63) is 64.1 Å². The molecule has 0 radical (unpaired) electrons. The van der Waals surface area contributed by atoms with E-state index in [4.69, 9.17) is 0 Å². The lowest BCUT2D eigenvalue weighted by atomic mass is 10.2. The van der Waals surface area contributed by atoms with Crippen LogP contribution in [0, 0.1) is 6.92 Å². The molecule has 10 heteroatoms. The van der Waals surface area contributed by atoms with Crippen molar-refractivity contribution in [3.8, 4) is 5.75 Å². The summed E-state index contributed by atoms with van der Waals surface area (Å²) in [7, 11) is 0. The molecule has 0 aliphatic carbocycles. The van der Waals surface area contributed by atoms with E-state index in [-0.39, 0.29) is 41.8 Å². The molecule has 6 nitrogen and oxygen atoms in total. The highest BCUT2D eigenvalue weighted by Crippen LogP contribution is 2.26. The van der Waals surface area contributed by atoms with Crippen LogP contribution in [0.15, 0.2) is 52.3 Å². The Labute approximate surface area is 196 Å². The Morgan fingerprint density at radius 1 is 1.10 bits per heavy atom. The maximum Gasteiger partial charge on any atom is 0.573 e. The van der Waals surface area contributed by atoms with Crippen molar-refractivity contribution in [1.82, 2.24) is 15.2 Å². The molecular formula is C21H28F3IN4O2. The number of para-hydroxylation sites is 1. The zero-order valence-electron chi connectivity index (χ0n) is 17.5. The van der Waals surface area contributed by atoms with Crippen molar-refractivity contribution < 1.29 is 17.9 Å². The van der Waals surface area contributed by atoms with Crippen LogP contribution in [0.25, 0.3) is 0 Å². The molecule has 1 aromatic carbocycles. The average molecular weight is 552 g/mol. The van der Waals surface area contributed by atoms with E-state index < -0.39 is 6.36 Å². The molecule has 31 heavy (non-hydrogen) atoms. The first-order chi connectivity index (χ1) is 14.3. The maximum absolute atomic E-state index is 12.5. The van der Waals surface area contributed by atoms with Gasteiger partial charge in [-0.1, -0.05) is 24.3 Å². The molecule has 0 amide bonds. The second-order valence-electron chi connectivity index (χ2n) is 6.64. The molecule has 1 heterocycles. The molecule has 0 atom stereocenters. The quantitative estimate of drug-likeness (QED) is 0.212. The third kappa shape index (κ3) is 9.62. The van der Waals surface area contributed by atoms with E-state index >= 15 is 0 Å². The third-order valence-electron chi connectivity index (χ3n) is 4.32. The van der Waals surface area contributed by atoms with Gasteiger partial charge in [0.1, 0.15) is 5.75 Å². The predicted molar refractivity (Wildman–Crippen MR) is 126 cm³/mol. The lowest BCUT2D eigenvalue weighted by Gasteiger charge is -2.14. The number of guanidine groups is 1. The first-order valence-corrected chi connectivity index (χ1v) is 9.82. The molecule has 0 saturated carbocycles. The monoisotopic (exact) mass is 552 g/mol. The number of aromatic nitrogens is 1. The minimum atomic E-state index is -4.75. The molecule has 172 valence electrons. The Balaban J connectivity index is 0.00000480. The van der Waals surface area contributed by atoms with E-state index in [1.807, 2.05) is 19.9 Å². The van der Waals surface area contributed by atoms with Gasteiger partial charge in [-0.05, 0) is 38.8 Å². The summed E-state index contributed by atoms with van der Waals surface area (Å²) in [5.41, 5.74) is 1.24. The van der Waals surface area contributed by atoms with Crippen molar-refractivity contribution >= 4 is 29.9 Å². The van der Waals surface area contributed by atoms with Gasteiger partial charge in [0.25, 0.3) is 5.56 Å². The molecule has 0 spiro atoms. The third-order valence-corrected chi connectivity index (χ3v) is 4.32. The number of aryl methyl sites for hydroxylation is 1. The van der Waals surface area contributed by atoms with Gasteiger partial charge in [-0.3, -0.25) is 4.79 Å². The molecule has 0 aliphatic heterocycles. The number of nitrogens with one attached hydrogen (secondary N) is 2. The molecule has 0 saturated heterocycles. The number of nitrogens with zero attached hydrogens (tertiary/aromatic N) is 2. The molecule has 2 aromatic rings. The van der Waals surface area contributed by atoms with E-state index in [0.717, 1.165) is 18.5 Å². The van der Waals surface area contributed by atoms with Gasteiger partial charge >= 0.3 is 6.36 Å². The normalized spacial score (nSPS) is 11.6. The molecule has 0 aliphatic rings. The smallest absolute Gasteiger partial charge is 0.405 e. The predicted octanol–water partition coefficient (Wildman–Crippen LogP) is 4.21. The Kier molecular flexibility index (Phi) is 11.4. The summed E-state index contributed by atoms with van der Waals surface area (Å²) in [5, 5.41) is 6.23. The van der Waals surface area contributed by atoms with Gasteiger partial charge in [0.05, 0.1) is 6.54 Å². The summed E-state index contributed by atoms with van der Waals surface area (Å²) in [4.78, 5) is 16.2. The standard InChI is InChI=1S/C21H27F3N4O2.HI/c1-3-25-20(26-13-6-7-14-28-16(2)9-8-12-19(28)29)27-15-17-10-4-5-11-18(17)30-21(22,23)24;/h4-5,8-12H,3,6-7,13-15H2,1-2H3,(H2,25,26,27);1H. The number of rotatable bonds is 9. The van der Waals surface area contributed by atoms with Crippen molar-refractivity contribution in [2.45, 2.75) is 46.1 Å². The number of ether oxygens (including phenoxy) is 1. The van der Waals surface area contributed by atoms with Crippen LogP contribution in [0.4, 0.5) is 13.2 Å². The molecule has 1 aromatic heterocycles. The van der Waals surface area contributed by atoms with Crippen LogP contribution in [0.1, 0.15) is 31.0 Å². The fraction of sp³-hybridized carbons (Fsp3) is 0.429. The summed E-state index contributed by atoms with van der Waals surface area (Å²) < 4.78 is 43.4. The summed E-state index contributed by atoms with van der Waals surface area (Å²) in [5.74, 6) is 0.251. The number of unbranched alkanes of at least 4 members (excludes halogenated alkanes) is 1. The molecular weight excluding hydrogens is 524 g/mol. The Morgan fingerprint density at radius 2 is 1.84 bits per heavy atom. The highest BCUT2D eigenvalue weighted by molar-refractivity contribution is 14.0. The molecule has 2 rings (SSSR count). The SMILES string of the molecule is CCNC(=NCc1ccccc1OC(F)(F)F)NCCCCn1c(C)cccc1=O.I. The van der Waals surface area contributed by atoms with Crippen molar-refractivity contribution in [1.29, 1.82) is 0 Å². The highest BCUT2D eigenvalue weighted by Gasteiger charge is 2.31. The maximum atomic E-state index is 12.5. The van der Waals surface area contributed by atoms with Crippen molar-refractivity contribution in [3.63, 3.8) is 0 Å². The van der Waals surface area contributed by atoms with Gasteiger partial charge in [-0.15, -0.1) is 37.1 Å². The number of hydrogen-bond donors (Lipinski definition) is 2. The zero-order chi connectivity index (χ0) is 22.0. The second kappa shape index (κ2) is 13.2. The largest absolute Gasteiger partial charge is 0.573 e. The van der Waals surface area contributed by atoms with Crippen molar-refractivity contribution in [2.24, 2.45) is 4.99 Å². The van der Waals surface area contributed by atoms with Crippen LogP contribution in [0.5, 0.6) is 5.75 Å². The lowest BCUT2D eigenvalue weighted by Crippen LogP contribution is -2.37. The van der Waals surface area contributed by atoms with E-state index in [1.54, 1.807) is 28.8 Å². The Hall–Kier alpha value is -2.24. The van der Waals surface area contributed by atoms with Crippen LogP contribution in [0.3, 0.4) is 0 Å². The molecule has 0 fully saturated rings. The molecule has 2 N–H and O–H groups in total. The number of alkyl halides is 3. The van der Waals surface area contributed by atoms with Gasteiger partial charge in [0, 0.05) is 37.0 Å². The number of benzene rings is 1. The van der Waals surface area contributed by atoms with Crippen LogP contribution in [0.2, 0.25) is 0 Å². The first-order valence-electron chi connectivity index (χ1n) is 9.82. The minimum absolute atomic E-state index is 0. The van der Waals surface area contributed by atoms with Gasteiger partial charge in [-0.2, -0.15) is 0 Å². The van der Waals surface area contributed by atoms with Crippen LogP contribution < -0.4 is 20.9 Å². The summed E-state index contributed by atoms with van der Waals surface area (Å²) in [6.07, 6.45) is -3.14. The van der Waals surface area contributed by atoms with Gasteiger partial charge < -0.3 is 19.9 Å². The van der Waals surface area contributed by atoms with Crippen LogP contribution in [-0.4, -0.2) is 30.0 Å². The van der Waals surface area contributed by atoms with E-state index in [9.17, 15) is 18.0 Å². The fourth-order valence-electron chi connectivity index (χ4n) is 2.88. The second-order valence-corrected chi connectivity index (χ2v) is 6.64. The number of pyridine rings is 1. The molecule has 0 bridgehead atoms. The number of hydrogen-bond acceptors (Lipinski definition) is 3. The van der Waals surface area contributed by atoms with Crippen molar-refractivity contribution in [2.75, 3.05) is 13.1 Å². The van der Waals surface area contributed by atoms with E-state index in [1.165, 1.54) is 12.1 Å². The summed E-state index contributed by atoms with van der Waals surface area (Å²) in [6, 6.07) is 11.1. The molecule has 0 unspecified atom stereocenters. The Bertz CT molecular complexity index is 901. The topological polar surface area (TPSA) is 67.7 Å². The van der Waals surface area contributed by atoms with Crippen LogP contribution >= 0.6 is 24.0 Å². The zero-order valence-corrected chi connectivity index (χ0v) is 19.9. The van der Waals surface area contributed by atoms with Gasteiger partial charge in [0.2, 0.25) is 0 Å². The van der Waals surface area contributed by atoms with E-state index in [0.29, 0.717) is 31.2 Å².